The number of likely N-dealkylation sites (N-methyl/N-ethyl adjacent to an activating group) is 1. The van der Waals surface area contributed by atoms with Crippen LogP contribution < -0.4 is 5.73 Å². The average Bonchev–Trinajstić information content (AvgIpc) is 2.38. The van der Waals surface area contributed by atoms with Crippen LogP contribution in [0.25, 0.3) is 0 Å². The van der Waals surface area contributed by atoms with Crippen LogP contribution in [0.1, 0.15) is 26.3 Å². The Morgan fingerprint density at radius 3 is 2.40 bits per heavy atom. The van der Waals surface area contributed by atoms with Crippen LogP contribution in [-0.4, -0.2) is 48.4 Å². The highest BCUT2D eigenvalue weighted by atomic mass is 16.2. The predicted octanol–water partition coefficient (Wildman–Crippen LogP) is 1.71. The van der Waals surface area contributed by atoms with Crippen molar-refractivity contribution in [3.8, 4) is 0 Å². The van der Waals surface area contributed by atoms with Crippen LogP contribution in [0.5, 0.6) is 0 Å². The SMILES string of the molecule is CC1CN(C)CCN1C(=O)C(C)(C)c1ccc(N)cc1. The van der Waals surface area contributed by atoms with Gasteiger partial charge in [0.1, 0.15) is 0 Å². The zero-order valence-corrected chi connectivity index (χ0v) is 12.9. The number of carbonyl (C=O) groups excluding carboxylic acids is 1. The molecule has 20 heavy (non-hydrogen) atoms. The van der Waals surface area contributed by atoms with Gasteiger partial charge < -0.3 is 15.5 Å². The molecule has 1 heterocycles. The molecule has 0 radical (unpaired) electrons. The van der Waals surface area contributed by atoms with E-state index in [1.807, 2.05) is 43.0 Å². The van der Waals surface area contributed by atoms with Crippen LogP contribution in [0.4, 0.5) is 5.69 Å². The number of benzene rings is 1. The van der Waals surface area contributed by atoms with Gasteiger partial charge in [0.25, 0.3) is 0 Å². The molecule has 0 aromatic heterocycles. The van der Waals surface area contributed by atoms with Crippen molar-refractivity contribution in [2.24, 2.45) is 0 Å². The van der Waals surface area contributed by atoms with E-state index in [2.05, 4.69) is 18.9 Å². The van der Waals surface area contributed by atoms with Crippen molar-refractivity contribution in [1.82, 2.24) is 9.80 Å². The third-order valence-electron chi connectivity index (χ3n) is 4.26. The Balaban J connectivity index is 2.20. The van der Waals surface area contributed by atoms with Crippen molar-refractivity contribution in [3.63, 3.8) is 0 Å². The molecule has 1 aromatic carbocycles. The Morgan fingerprint density at radius 1 is 1.25 bits per heavy atom. The van der Waals surface area contributed by atoms with Crippen molar-refractivity contribution < 1.29 is 4.79 Å². The largest absolute Gasteiger partial charge is 0.399 e. The van der Waals surface area contributed by atoms with E-state index in [9.17, 15) is 4.79 Å². The normalized spacial score (nSPS) is 21.0. The van der Waals surface area contributed by atoms with E-state index in [0.29, 0.717) is 0 Å². The summed E-state index contributed by atoms with van der Waals surface area (Å²) >= 11 is 0. The van der Waals surface area contributed by atoms with Crippen molar-refractivity contribution >= 4 is 11.6 Å². The summed E-state index contributed by atoms with van der Waals surface area (Å²) < 4.78 is 0. The van der Waals surface area contributed by atoms with Crippen LogP contribution in [0.3, 0.4) is 0 Å². The van der Waals surface area contributed by atoms with Crippen molar-refractivity contribution in [2.45, 2.75) is 32.2 Å². The summed E-state index contributed by atoms with van der Waals surface area (Å²) in [6, 6.07) is 7.88. The number of carbonyl (C=O) groups is 1. The Bertz CT molecular complexity index is 481. The minimum atomic E-state index is -0.516. The van der Waals surface area contributed by atoms with Crippen LogP contribution in [0.15, 0.2) is 24.3 Å². The highest BCUT2D eigenvalue weighted by Gasteiger charge is 2.37. The van der Waals surface area contributed by atoms with Gasteiger partial charge in [0.15, 0.2) is 0 Å². The molecule has 1 aliphatic rings. The van der Waals surface area contributed by atoms with Crippen molar-refractivity contribution in [3.05, 3.63) is 29.8 Å². The molecule has 4 nitrogen and oxygen atoms in total. The topological polar surface area (TPSA) is 49.6 Å². The van der Waals surface area contributed by atoms with E-state index in [1.165, 1.54) is 0 Å². The molecule has 110 valence electrons. The predicted molar refractivity (Wildman–Crippen MR) is 82.6 cm³/mol. The Labute approximate surface area is 121 Å². The van der Waals surface area contributed by atoms with Crippen LogP contribution in [0, 0.1) is 0 Å². The van der Waals surface area contributed by atoms with E-state index >= 15 is 0 Å². The summed E-state index contributed by atoms with van der Waals surface area (Å²) in [6.07, 6.45) is 0. The smallest absolute Gasteiger partial charge is 0.232 e. The second-order valence-electron chi connectivity index (χ2n) is 6.36. The lowest BCUT2D eigenvalue weighted by Crippen LogP contribution is -2.56. The van der Waals surface area contributed by atoms with Gasteiger partial charge in [-0.1, -0.05) is 12.1 Å². The van der Waals surface area contributed by atoms with E-state index in [-0.39, 0.29) is 11.9 Å². The van der Waals surface area contributed by atoms with Crippen molar-refractivity contribution in [1.29, 1.82) is 0 Å². The molecule has 1 unspecified atom stereocenters. The Morgan fingerprint density at radius 2 is 1.85 bits per heavy atom. The van der Waals surface area contributed by atoms with Crippen LogP contribution in [0.2, 0.25) is 0 Å². The van der Waals surface area contributed by atoms with Gasteiger partial charge in [0.05, 0.1) is 5.41 Å². The molecule has 1 fully saturated rings. The molecule has 2 N–H and O–H groups in total. The standard InChI is InChI=1S/C16H25N3O/c1-12-11-18(4)9-10-19(12)15(20)16(2,3)13-5-7-14(17)8-6-13/h5-8,12H,9-11,17H2,1-4H3. The van der Waals surface area contributed by atoms with Gasteiger partial charge in [-0.3, -0.25) is 4.79 Å². The molecule has 1 amide bonds. The quantitative estimate of drug-likeness (QED) is 0.836. The number of nitrogens with two attached hydrogens (primary N) is 1. The number of hydrogen-bond donors (Lipinski definition) is 1. The maximum absolute atomic E-state index is 12.9. The maximum atomic E-state index is 12.9. The van der Waals surface area contributed by atoms with Crippen molar-refractivity contribution in [2.75, 3.05) is 32.4 Å². The molecule has 0 bridgehead atoms. The van der Waals surface area contributed by atoms with Gasteiger partial charge >= 0.3 is 0 Å². The fraction of sp³-hybridized carbons (Fsp3) is 0.562. The van der Waals surface area contributed by atoms with Gasteiger partial charge in [0.2, 0.25) is 5.91 Å². The summed E-state index contributed by atoms with van der Waals surface area (Å²) in [5.41, 5.74) is 6.95. The first-order chi connectivity index (χ1) is 9.32. The number of amides is 1. The summed E-state index contributed by atoms with van der Waals surface area (Å²) in [5, 5.41) is 0. The minimum Gasteiger partial charge on any atom is -0.399 e. The number of nitrogens with zero attached hydrogens (tertiary/aromatic N) is 2. The molecule has 4 heteroatoms. The third kappa shape index (κ3) is 2.80. The van der Waals surface area contributed by atoms with Gasteiger partial charge in [-0.05, 0) is 45.5 Å². The van der Waals surface area contributed by atoms with Gasteiger partial charge in [-0.2, -0.15) is 0 Å². The maximum Gasteiger partial charge on any atom is 0.232 e. The molecule has 0 aliphatic carbocycles. The highest BCUT2D eigenvalue weighted by Crippen LogP contribution is 2.28. The average molecular weight is 275 g/mol. The first-order valence-corrected chi connectivity index (χ1v) is 7.18. The zero-order valence-electron chi connectivity index (χ0n) is 12.9. The summed E-state index contributed by atoms with van der Waals surface area (Å²) in [7, 11) is 2.10. The fourth-order valence-electron chi connectivity index (χ4n) is 2.82. The number of nitrogen functional groups attached to an aromatic ring is 1. The fourth-order valence-corrected chi connectivity index (χ4v) is 2.82. The first kappa shape index (κ1) is 14.9. The highest BCUT2D eigenvalue weighted by molar-refractivity contribution is 5.87. The molecule has 1 saturated heterocycles. The van der Waals surface area contributed by atoms with E-state index in [4.69, 9.17) is 5.73 Å². The first-order valence-electron chi connectivity index (χ1n) is 7.18. The minimum absolute atomic E-state index is 0.197. The molecular formula is C16H25N3O. The molecule has 1 aromatic rings. The second-order valence-corrected chi connectivity index (χ2v) is 6.36. The number of rotatable bonds is 2. The van der Waals surface area contributed by atoms with Gasteiger partial charge in [0, 0.05) is 31.4 Å². The third-order valence-corrected chi connectivity index (χ3v) is 4.26. The molecule has 1 atom stereocenters. The lowest BCUT2D eigenvalue weighted by molar-refractivity contribution is -0.140. The Hall–Kier alpha value is -1.55. The molecular weight excluding hydrogens is 250 g/mol. The summed E-state index contributed by atoms with van der Waals surface area (Å²) in [6.45, 7) is 8.77. The molecule has 0 spiro atoms. The molecule has 1 aliphatic heterocycles. The monoisotopic (exact) mass is 275 g/mol. The van der Waals surface area contributed by atoms with E-state index in [1.54, 1.807) is 0 Å². The van der Waals surface area contributed by atoms with Gasteiger partial charge in [-0.15, -0.1) is 0 Å². The number of anilines is 1. The lowest BCUT2D eigenvalue weighted by atomic mass is 9.82. The zero-order chi connectivity index (χ0) is 14.9. The molecule has 2 rings (SSSR count). The molecule has 0 saturated carbocycles. The summed E-state index contributed by atoms with van der Waals surface area (Å²) in [5.74, 6) is 0.197. The summed E-state index contributed by atoms with van der Waals surface area (Å²) in [4.78, 5) is 17.2. The van der Waals surface area contributed by atoms with E-state index in [0.717, 1.165) is 30.9 Å². The van der Waals surface area contributed by atoms with Crippen LogP contribution in [-0.2, 0) is 10.2 Å². The number of piperazine rings is 1. The van der Waals surface area contributed by atoms with Gasteiger partial charge in [-0.25, -0.2) is 0 Å². The number of hydrogen-bond acceptors (Lipinski definition) is 3. The Kier molecular flexibility index (Phi) is 4.04. The van der Waals surface area contributed by atoms with Crippen LogP contribution >= 0.6 is 0 Å². The lowest BCUT2D eigenvalue weighted by Gasteiger charge is -2.42. The van der Waals surface area contributed by atoms with E-state index < -0.39 is 5.41 Å². The second kappa shape index (κ2) is 5.44.